The second-order valence-electron chi connectivity index (χ2n) is 4.09. The van der Waals surface area contributed by atoms with Crippen LogP contribution in [0, 0.1) is 0 Å². The van der Waals surface area contributed by atoms with Crippen LogP contribution in [-0.2, 0) is 6.54 Å². The van der Waals surface area contributed by atoms with E-state index < -0.39 is 0 Å². The zero-order chi connectivity index (χ0) is 10.7. The van der Waals surface area contributed by atoms with Gasteiger partial charge in [0.2, 0.25) is 0 Å². The third-order valence-corrected chi connectivity index (χ3v) is 3.47. The Morgan fingerprint density at radius 1 is 1.38 bits per heavy atom. The van der Waals surface area contributed by atoms with Crippen LogP contribution in [0.15, 0.2) is 24.3 Å². The van der Waals surface area contributed by atoms with Gasteiger partial charge in [0.05, 0.1) is 0 Å². The van der Waals surface area contributed by atoms with Crippen molar-refractivity contribution in [3.05, 3.63) is 34.9 Å². The van der Waals surface area contributed by atoms with Crippen molar-refractivity contribution in [3.63, 3.8) is 0 Å². The van der Waals surface area contributed by atoms with E-state index in [0.29, 0.717) is 6.04 Å². The molecule has 0 aromatic heterocycles. The molecule has 1 aromatic carbocycles. The summed E-state index contributed by atoms with van der Waals surface area (Å²) in [5, 5.41) is 0.861. The molecular formula is C12H18Cl2N2. The lowest BCUT2D eigenvalue weighted by Crippen LogP contribution is -2.34. The van der Waals surface area contributed by atoms with E-state index in [2.05, 4.69) is 11.0 Å². The Morgan fingerprint density at radius 3 is 2.81 bits per heavy atom. The Balaban J connectivity index is 0.00000128. The predicted molar refractivity (Wildman–Crippen MR) is 71.2 cm³/mol. The topological polar surface area (TPSA) is 29.3 Å². The van der Waals surface area contributed by atoms with Crippen molar-refractivity contribution in [1.29, 1.82) is 0 Å². The van der Waals surface area contributed by atoms with Gasteiger partial charge in [0, 0.05) is 24.2 Å². The molecule has 1 aromatic rings. The Bertz CT molecular complexity index is 331. The average molecular weight is 261 g/mol. The minimum atomic E-state index is 0. The van der Waals surface area contributed by atoms with Gasteiger partial charge in [-0.2, -0.15) is 0 Å². The van der Waals surface area contributed by atoms with Crippen molar-refractivity contribution < 1.29 is 0 Å². The molecule has 2 rings (SSSR count). The number of benzene rings is 1. The van der Waals surface area contributed by atoms with Crippen LogP contribution in [0.25, 0.3) is 0 Å². The van der Waals surface area contributed by atoms with Gasteiger partial charge in [-0.3, -0.25) is 4.90 Å². The van der Waals surface area contributed by atoms with Gasteiger partial charge in [0.15, 0.2) is 0 Å². The van der Waals surface area contributed by atoms with Gasteiger partial charge in [-0.25, -0.2) is 0 Å². The third-order valence-electron chi connectivity index (χ3n) is 3.10. The maximum Gasteiger partial charge on any atom is 0.0451 e. The Morgan fingerprint density at radius 2 is 2.12 bits per heavy atom. The zero-order valence-electron chi connectivity index (χ0n) is 9.23. The molecule has 1 atom stereocenters. The first-order chi connectivity index (χ1) is 7.31. The van der Waals surface area contributed by atoms with Gasteiger partial charge < -0.3 is 5.73 Å². The fraction of sp³-hybridized carbons (Fsp3) is 0.500. The van der Waals surface area contributed by atoms with Crippen LogP contribution >= 0.6 is 24.0 Å². The van der Waals surface area contributed by atoms with Gasteiger partial charge in [0.25, 0.3) is 0 Å². The SMILES string of the molecule is Cl.NCC1CCCN1Cc1ccccc1Cl. The summed E-state index contributed by atoms with van der Waals surface area (Å²) in [6, 6.07) is 8.59. The number of nitrogens with two attached hydrogens (primary N) is 1. The van der Waals surface area contributed by atoms with Crippen molar-refractivity contribution >= 4 is 24.0 Å². The number of halogens is 2. The van der Waals surface area contributed by atoms with Crippen LogP contribution in [0.1, 0.15) is 18.4 Å². The first-order valence-corrected chi connectivity index (χ1v) is 5.86. The highest BCUT2D eigenvalue weighted by Crippen LogP contribution is 2.22. The molecule has 0 amide bonds. The molecule has 0 bridgehead atoms. The van der Waals surface area contributed by atoms with Crippen molar-refractivity contribution in [2.24, 2.45) is 5.73 Å². The number of hydrogen-bond acceptors (Lipinski definition) is 2. The molecule has 0 aliphatic carbocycles. The highest BCUT2D eigenvalue weighted by Gasteiger charge is 2.23. The summed E-state index contributed by atoms with van der Waals surface area (Å²) in [6.45, 7) is 2.83. The third kappa shape index (κ3) is 3.11. The Hall–Kier alpha value is -0.280. The summed E-state index contributed by atoms with van der Waals surface area (Å²) in [5.74, 6) is 0. The van der Waals surface area contributed by atoms with E-state index in [1.54, 1.807) is 0 Å². The Labute approximate surface area is 108 Å². The molecule has 90 valence electrons. The number of rotatable bonds is 3. The molecule has 0 spiro atoms. The molecule has 1 aliphatic heterocycles. The van der Waals surface area contributed by atoms with E-state index in [1.807, 2.05) is 18.2 Å². The first kappa shape index (κ1) is 13.8. The molecular weight excluding hydrogens is 243 g/mol. The standard InChI is InChI=1S/C12H17ClN2.ClH/c13-12-6-2-1-4-10(12)9-15-7-3-5-11(15)8-14;/h1-2,4,6,11H,3,5,7-9,14H2;1H. The van der Waals surface area contributed by atoms with E-state index in [4.69, 9.17) is 17.3 Å². The molecule has 1 fully saturated rings. The molecule has 1 saturated heterocycles. The lowest BCUT2D eigenvalue weighted by molar-refractivity contribution is 0.250. The highest BCUT2D eigenvalue weighted by atomic mass is 35.5. The summed E-state index contributed by atoms with van der Waals surface area (Å²) in [4.78, 5) is 2.43. The first-order valence-electron chi connectivity index (χ1n) is 5.49. The van der Waals surface area contributed by atoms with E-state index in [0.717, 1.165) is 24.7 Å². The lowest BCUT2D eigenvalue weighted by atomic mass is 10.2. The number of likely N-dealkylation sites (tertiary alicyclic amines) is 1. The molecule has 4 heteroatoms. The predicted octanol–water partition coefficient (Wildman–Crippen LogP) is 2.68. The maximum absolute atomic E-state index is 6.14. The summed E-state index contributed by atoms with van der Waals surface area (Å²) in [7, 11) is 0. The van der Waals surface area contributed by atoms with Crippen LogP contribution in [0.5, 0.6) is 0 Å². The summed E-state index contributed by atoms with van der Waals surface area (Å²) >= 11 is 6.14. The van der Waals surface area contributed by atoms with E-state index in [1.165, 1.54) is 18.4 Å². The average Bonchev–Trinajstić information content (AvgIpc) is 2.69. The molecule has 16 heavy (non-hydrogen) atoms. The van der Waals surface area contributed by atoms with Gasteiger partial charge in [0.1, 0.15) is 0 Å². The fourth-order valence-corrected chi connectivity index (χ4v) is 2.41. The van der Waals surface area contributed by atoms with Gasteiger partial charge in [-0.05, 0) is 31.0 Å². The molecule has 1 aliphatic rings. The van der Waals surface area contributed by atoms with Gasteiger partial charge >= 0.3 is 0 Å². The lowest BCUT2D eigenvalue weighted by Gasteiger charge is -2.23. The summed E-state index contributed by atoms with van der Waals surface area (Å²) in [5.41, 5.74) is 6.95. The van der Waals surface area contributed by atoms with Crippen LogP contribution in [-0.4, -0.2) is 24.0 Å². The normalized spacial score (nSPS) is 20.8. The van der Waals surface area contributed by atoms with Gasteiger partial charge in [-0.1, -0.05) is 29.8 Å². The van der Waals surface area contributed by atoms with Crippen molar-refractivity contribution in [2.75, 3.05) is 13.1 Å². The molecule has 2 nitrogen and oxygen atoms in total. The van der Waals surface area contributed by atoms with Crippen LogP contribution in [0.2, 0.25) is 5.02 Å². The summed E-state index contributed by atoms with van der Waals surface area (Å²) in [6.07, 6.45) is 2.48. The van der Waals surface area contributed by atoms with Crippen LogP contribution in [0.3, 0.4) is 0 Å². The van der Waals surface area contributed by atoms with Gasteiger partial charge in [-0.15, -0.1) is 12.4 Å². The van der Waals surface area contributed by atoms with E-state index in [9.17, 15) is 0 Å². The second-order valence-corrected chi connectivity index (χ2v) is 4.50. The minimum absolute atomic E-state index is 0. The maximum atomic E-state index is 6.14. The quantitative estimate of drug-likeness (QED) is 0.906. The van der Waals surface area contributed by atoms with Crippen LogP contribution in [0.4, 0.5) is 0 Å². The van der Waals surface area contributed by atoms with Crippen molar-refractivity contribution in [2.45, 2.75) is 25.4 Å². The largest absolute Gasteiger partial charge is 0.329 e. The minimum Gasteiger partial charge on any atom is -0.329 e. The van der Waals surface area contributed by atoms with E-state index >= 15 is 0 Å². The molecule has 0 radical (unpaired) electrons. The van der Waals surface area contributed by atoms with Crippen molar-refractivity contribution in [1.82, 2.24) is 4.90 Å². The summed E-state index contributed by atoms with van der Waals surface area (Å²) < 4.78 is 0. The van der Waals surface area contributed by atoms with Crippen molar-refractivity contribution in [3.8, 4) is 0 Å². The molecule has 2 N–H and O–H groups in total. The van der Waals surface area contributed by atoms with Crippen LogP contribution < -0.4 is 5.73 Å². The number of hydrogen-bond donors (Lipinski definition) is 1. The number of nitrogens with zero attached hydrogens (tertiary/aromatic N) is 1. The molecule has 1 unspecified atom stereocenters. The Kier molecular flexibility index (Phi) is 5.56. The smallest absolute Gasteiger partial charge is 0.0451 e. The monoisotopic (exact) mass is 260 g/mol. The van der Waals surface area contributed by atoms with E-state index in [-0.39, 0.29) is 12.4 Å². The molecule has 1 heterocycles. The highest BCUT2D eigenvalue weighted by molar-refractivity contribution is 6.31. The molecule has 0 saturated carbocycles. The zero-order valence-corrected chi connectivity index (χ0v) is 10.8. The fourth-order valence-electron chi connectivity index (χ4n) is 2.22. The second kappa shape index (κ2) is 6.45.